The molecule has 108 valence electrons. The van der Waals surface area contributed by atoms with Crippen LogP contribution >= 0.6 is 0 Å². The number of fused-ring (bicyclic) bond motifs is 2. The maximum absolute atomic E-state index is 12.9. The van der Waals surface area contributed by atoms with E-state index in [0.29, 0.717) is 0 Å². The van der Waals surface area contributed by atoms with Crippen LogP contribution in [-0.2, 0) is 0 Å². The van der Waals surface area contributed by atoms with Gasteiger partial charge in [0.05, 0.1) is 6.20 Å². The Labute approximate surface area is 118 Å². The van der Waals surface area contributed by atoms with E-state index >= 15 is 0 Å². The van der Waals surface area contributed by atoms with E-state index in [2.05, 4.69) is 15.6 Å². The van der Waals surface area contributed by atoms with Crippen molar-refractivity contribution >= 4 is 5.91 Å². The fourth-order valence-corrected chi connectivity index (χ4v) is 3.82. The summed E-state index contributed by atoms with van der Waals surface area (Å²) < 4.78 is 12.9. The molecule has 2 N–H and O–H groups in total. The molecule has 0 spiro atoms. The van der Waals surface area contributed by atoms with Crippen molar-refractivity contribution in [1.29, 1.82) is 0 Å². The summed E-state index contributed by atoms with van der Waals surface area (Å²) in [6, 6.07) is 2.71. The lowest BCUT2D eigenvalue weighted by Gasteiger charge is -2.39. The second kappa shape index (κ2) is 4.81. The molecule has 0 saturated heterocycles. The van der Waals surface area contributed by atoms with Crippen molar-refractivity contribution in [3.63, 3.8) is 0 Å². The topological polar surface area (TPSA) is 54.0 Å². The highest BCUT2D eigenvalue weighted by Crippen LogP contribution is 2.47. The van der Waals surface area contributed by atoms with Crippen LogP contribution in [0.2, 0.25) is 0 Å². The third-order valence-electron chi connectivity index (χ3n) is 4.94. The van der Waals surface area contributed by atoms with E-state index in [4.69, 9.17) is 0 Å². The molecule has 1 amide bonds. The first-order valence-electron chi connectivity index (χ1n) is 7.20. The molecule has 0 unspecified atom stereocenters. The molecule has 2 aliphatic carbocycles. The van der Waals surface area contributed by atoms with Gasteiger partial charge in [0.25, 0.3) is 5.91 Å². The summed E-state index contributed by atoms with van der Waals surface area (Å²) >= 11 is 0. The zero-order valence-electron chi connectivity index (χ0n) is 11.7. The van der Waals surface area contributed by atoms with Crippen LogP contribution in [0.25, 0.3) is 0 Å². The molecule has 0 aromatic carbocycles. The second-order valence-electron chi connectivity index (χ2n) is 6.16. The number of nitrogens with zero attached hydrogens (tertiary/aromatic N) is 1. The van der Waals surface area contributed by atoms with Crippen LogP contribution in [0.3, 0.4) is 0 Å². The van der Waals surface area contributed by atoms with Gasteiger partial charge in [0.1, 0.15) is 11.5 Å². The Hall–Kier alpha value is -1.49. The SMILES string of the molecule is CN[C@@]12CCC[C@@](NC(=O)c3ccc(F)cn3)(CC1)C2. The molecule has 20 heavy (non-hydrogen) atoms. The van der Waals surface area contributed by atoms with Crippen molar-refractivity contribution < 1.29 is 9.18 Å². The van der Waals surface area contributed by atoms with Crippen molar-refractivity contribution in [2.45, 2.75) is 49.6 Å². The first-order chi connectivity index (χ1) is 9.56. The molecular formula is C15H20FN3O. The predicted octanol–water partition coefficient (Wildman–Crippen LogP) is 2.02. The van der Waals surface area contributed by atoms with Gasteiger partial charge in [0.15, 0.2) is 0 Å². The molecule has 2 bridgehead atoms. The quantitative estimate of drug-likeness (QED) is 0.888. The molecule has 1 heterocycles. The average Bonchev–Trinajstić information content (AvgIpc) is 2.71. The largest absolute Gasteiger partial charge is 0.345 e. The van der Waals surface area contributed by atoms with E-state index in [1.54, 1.807) is 0 Å². The number of carbonyl (C=O) groups is 1. The average molecular weight is 277 g/mol. The van der Waals surface area contributed by atoms with Crippen LogP contribution in [0.4, 0.5) is 4.39 Å². The molecule has 3 rings (SSSR count). The summed E-state index contributed by atoms with van der Waals surface area (Å²) in [4.78, 5) is 16.1. The van der Waals surface area contributed by atoms with Gasteiger partial charge >= 0.3 is 0 Å². The molecule has 2 fully saturated rings. The first kappa shape index (κ1) is 13.5. The zero-order valence-corrected chi connectivity index (χ0v) is 11.7. The lowest BCUT2D eigenvalue weighted by atomic mass is 9.78. The number of nitrogens with one attached hydrogen (secondary N) is 2. The number of halogens is 1. The Bertz CT molecular complexity index is 518. The minimum atomic E-state index is -0.424. The van der Waals surface area contributed by atoms with Crippen LogP contribution in [-0.4, -0.2) is 29.0 Å². The highest BCUT2D eigenvalue weighted by molar-refractivity contribution is 5.92. The molecule has 5 heteroatoms. The number of hydrogen-bond donors (Lipinski definition) is 2. The predicted molar refractivity (Wildman–Crippen MR) is 73.9 cm³/mol. The molecule has 2 saturated carbocycles. The normalized spacial score (nSPS) is 32.1. The van der Waals surface area contributed by atoms with Gasteiger partial charge in [-0.15, -0.1) is 0 Å². The lowest BCUT2D eigenvalue weighted by Crippen LogP contribution is -2.53. The third-order valence-corrected chi connectivity index (χ3v) is 4.94. The van der Waals surface area contributed by atoms with E-state index < -0.39 is 5.82 Å². The van der Waals surface area contributed by atoms with Gasteiger partial charge in [-0.2, -0.15) is 0 Å². The van der Waals surface area contributed by atoms with Gasteiger partial charge in [-0.3, -0.25) is 4.79 Å². The van der Waals surface area contributed by atoms with Gasteiger partial charge in [-0.25, -0.2) is 9.37 Å². The summed E-state index contributed by atoms with van der Waals surface area (Å²) in [5.41, 5.74) is 0.351. The van der Waals surface area contributed by atoms with Gasteiger partial charge in [-0.05, 0) is 57.7 Å². The number of pyridine rings is 1. The molecule has 0 radical (unpaired) electrons. The third kappa shape index (κ3) is 2.30. The molecule has 0 aliphatic heterocycles. The van der Waals surface area contributed by atoms with Gasteiger partial charge < -0.3 is 10.6 Å². The van der Waals surface area contributed by atoms with E-state index in [-0.39, 0.29) is 22.7 Å². The fraction of sp³-hybridized carbons (Fsp3) is 0.600. The van der Waals surface area contributed by atoms with Crippen LogP contribution in [0.15, 0.2) is 18.3 Å². The number of hydrogen-bond acceptors (Lipinski definition) is 3. The Kier molecular flexibility index (Phi) is 3.24. The monoisotopic (exact) mass is 277 g/mol. The summed E-state index contributed by atoms with van der Waals surface area (Å²) in [6.07, 6.45) is 7.47. The van der Waals surface area contributed by atoms with Crippen molar-refractivity contribution in [1.82, 2.24) is 15.6 Å². The van der Waals surface area contributed by atoms with Gasteiger partial charge in [0, 0.05) is 11.1 Å². The summed E-state index contributed by atoms with van der Waals surface area (Å²) in [5.74, 6) is -0.619. The standard InChI is InChI=1S/C15H20FN3O/c1-17-14-5-2-6-15(10-14,8-7-14)19-13(20)12-4-3-11(16)9-18-12/h3-4,9,17H,2,5-8,10H2,1H3,(H,19,20)/t14-,15+/m0/s1. The minimum absolute atomic E-state index is 0.117. The molecular weight excluding hydrogens is 257 g/mol. The lowest BCUT2D eigenvalue weighted by molar-refractivity contribution is 0.0866. The Morgan fingerprint density at radius 3 is 2.70 bits per heavy atom. The van der Waals surface area contributed by atoms with E-state index in [0.717, 1.165) is 38.3 Å². The number of aromatic nitrogens is 1. The number of carbonyl (C=O) groups excluding carboxylic acids is 1. The van der Waals surface area contributed by atoms with Crippen LogP contribution < -0.4 is 10.6 Å². The van der Waals surface area contributed by atoms with Crippen molar-refractivity contribution in [3.8, 4) is 0 Å². The van der Waals surface area contributed by atoms with Crippen molar-refractivity contribution in [3.05, 3.63) is 29.8 Å². The summed E-state index contributed by atoms with van der Waals surface area (Å²) in [7, 11) is 2.00. The highest BCUT2D eigenvalue weighted by atomic mass is 19.1. The first-order valence-corrected chi connectivity index (χ1v) is 7.20. The van der Waals surface area contributed by atoms with Crippen LogP contribution in [0, 0.1) is 5.82 Å². The molecule has 4 nitrogen and oxygen atoms in total. The summed E-state index contributed by atoms with van der Waals surface area (Å²) in [6.45, 7) is 0. The fourth-order valence-electron chi connectivity index (χ4n) is 3.82. The van der Waals surface area contributed by atoms with E-state index in [9.17, 15) is 9.18 Å². The number of amides is 1. The maximum Gasteiger partial charge on any atom is 0.270 e. The van der Waals surface area contributed by atoms with Gasteiger partial charge in [0.2, 0.25) is 0 Å². The zero-order chi connectivity index (χ0) is 14.2. The Morgan fingerprint density at radius 2 is 2.00 bits per heavy atom. The molecule has 2 atom stereocenters. The van der Waals surface area contributed by atoms with Gasteiger partial charge in [-0.1, -0.05) is 0 Å². The number of rotatable bonds is 3. The maximum atomic E-state index is 12.9. The van der Waals surface area contributed by atoms with Crippen molar-refractivity contribution in [2.24, 2.45) is 0 Å². The van der Waals surface area contributed by atoms with Crippen LogP contribution in [0.1, 0.15) is 49.0 Å². The molecule has 1 aromatic rings. The summed E-state index contributed by atoms with van der Waals surface area (Å²) in [5, 5.41) is 6.59. The Morgan fingerprint density at radius 1 is 1.25 bits per heavy atom. The minimum Gasteiger partial charge on any atom is -0.345 e. The van der Waals surface area contributed by atoms with E-state index in [1.165, 1.54) is 18.6 Å². The smallest absolute Gasteiger partial charge is 0.270 e. The molecule has 1 aromatic heterocycles. The Balaban J connectivity index is 1.74. The second-order valence-corrected chi connectivity index (χ2v) is 6.16. The highest BCUT2D eigenvalue weighted by Gasteiger charge is 2.50. The van der Waals surface area contributed by atoms with Crippen molar-refractivity contribution in [2.75, 3.05) is 7.05 Å². The van der Waals surface area contributed by atoms with E-state index in [1.807, 2.05) is 7.05 Å². The molecule has 2 aliphatic rings. The van der Waals surface area contributed by atoms with Crippen LogP contribution in [0.5, 0.6) is 0 Å².